The number of hydrogen-bond acceptors (Lipinski definition) is 4. The zero-order valence-corrected chi connectivity index (χ0v) is 15.4. The van der Waals surface area contributed by atoms with Crippen LogP contribution in [0.4, 0.5) is 15.8 Å². The Kier molecular flexibility index (Phi) is 5.21. The monoisotopic (exact) mass is 472 g/mol. The van der Waals surface area contributed by atoms with E-state index >= 15 is 0 Å². The molecule has 0 aliphatic carbocycles. The normalized spacial score (nSPS) is 10.6. The molecule has 3 N–H and O–H groups in total. The van der Waals surface area contributed by atoms with Crippen molar-refractivity contribution in [2.75, 3.05) is 5.32 Å². The summed E-state index contributed by atoms with van der Waals surface area (Å²) < 4.78 is 16.7. The first kappa shape index (κ1) is 17.6. The first-order chi connectivity index (χ1) is 12.0. The van der Waals surface area contributed by atoms with Gasteiger partial charge in [0.05, 0.1) is 22.0 Å². The van der Waals surface area contributed by atoms with Crippen molar-refractivity contribution in [3.05, 3.63) is 68.8 Å². The zero-order chi connectivity index (χ0) is 18.0. The first-order valence-electron chi connectivity index (χ1n) is 6.99. The molecule has 0 bridgehead atoms. The minimum atomic E-state index is -0.794. The molecule has 0 saturated heterocycles. The minimum absolute atomic E-state index is 0.0315. The highest BCUT2D eigenvalue weighted by molar-refractivity contribution is 14.1. The Balaban J connectivity index is 2.09. The Hall–Kier alpha value is -2.17. The SMILES string of the molecule is O=C(NO)c1cc(-n2cccn2)c(F)cc1Nc1ccc(I)cc1Cl. The van der Waals surface area contributed by atoms with E-state index in [0.717, 1.165) is 9.64 Å². The van der Waals surface area contributed by atoms with Gasteiger partial charge in [0.25, 0.3) is 5.91 Å². The van der Waals surface area contributed by atoms with Crippen molar-refractivity contribution in [2.45, 2.75) is 0 Å². The van der Waals surface area contributed by atoms with E-state index in [-0.39, 0.29) is 16.9 Å². The second-order valence-corrected chi connectivity index (χ2v) is 6.64. The maximum atomic E-state index is 14.5. The molecule has 1 heterocycles. The Labute approximate surface area is 160 Å². The van der Waals surface area contributed by atoms with Crippen LogP contribution in [0.5, 0.6) is 0 Å². The topological polar surface area (TPSA) is 79.2 Å². The average molecular weight is 473 g/mol. The number of aromatic nitrogens is 2. The number of anilines is 2. The molecule has 3 aromatic rings. The summed E-state index contributed by atoms with van der Waals surface area (Å²) in [6.07, 6.45) is 3.03. The molecule has 0 spiro atoms. The van der Waals surface area contributed by atoms with Gasteiger partial charge in [-0.1, -0.05) is 11.6 Å². The molecule has 6 nitrogen and oxygen atoms in total. The van der Waals surface area contributed by atoms with E-state index in [1.165, 1.54) is 16.9 Å². The van der Waals surface area contributed by atoms with Gasteiger partial charge in [-0.3, -0.25) is 10.0 Å². The molecule has 0 unspecified atom stereocenters. The van der Waals surface area contributed by atoms with Crippen LogP contribution in [-0.4, -0.2) is 20.9 Å². The molecule has 0 fully saturated rings. The molecule has 0 saturated carbocycles. The van der Waals surface area contributed by atoms with Crippen LogP contribution < -0.4 is 10.8 Å². The molecule has 1 aromatic heterocycles. The number of benzene rings is 2. The van der Waals surface area contributed by atoms with Crippen LogP contribution in [-0.2, 0) is 0 Å². The molecule has 2 aromatic carbocycles. The van der Waals surface area contributed by atoms with Gasteiger partial charge in [-0.2, -0.15) is 5.10 Å². The fourth-order valence-corrected chi connectivity index (χ4v) is 3.14. The Morgan fingerprint density at radius 3 is 2.72 bits per heavy atom. The van der Waals surface area contributed by atoms with Crippen LogP contribution in [0.25, 0.3) is 5.69 Å². The molecule has 9 heteroatoms. The van der Waals surface area contributed by atoms with Crippen molar-refractivity contribution in [1.82, 2.24) is 15.3 Å². The number of nitrogens with zero attached hydrogens (tertiary/aromatic N) is 2. The van der Waals surface area contributed by atoms with E-state index in [1.54, 1.807) is 29.9 Å². The molecule has 0 radical (unpaired) electrons. The summed E-state index contributed by atoms with van der Waals surface area (Å²) in [5.74, 6) is -1.39. The second kappa shape index (κ2) is 7.38. The van der Waals surface area contributed by atoms with Gasteiger partial charge in [-0.05, 0) is 52.9 Å². The van der Waals surface area contributed by atoms with Crippen LogP contribution in [0, 0.1) is 9.39 Å². The number of amides is 1. The van der Waals surface area contributed by atoms with Gasteiger partial charge in [0.15, 0.2) is 5.82 Å². The molecule has 0 atom stereocenters. The highest BCUT2D eigenvalue weighted by atomic mass is 127. The standard InChI is InChI=1S/C16H11ClFIN4O2/c17-11-6-9(19)2-3-13(11)21-14-8-12(18)15(23-5-1-4-20-23)7-10(14)16(24)22-25/h1-8,21,25H,(H,22,24). The number of carbonyl (C=O) groups is 1. The van der Waals surface area contributed by atoms with Gasteiger partial charge in [-0.25, -0.2) is 14.6 Å². The van der Waals surface area contributed by atoms with Crippen LogP contribution in [0.15, 0.2) is 48.8 Å². The summed E-state index contributed by atoms with van der Waals surface area (Å²) in [5, 5.41) is 16.3. The number of hydrogen-bond donors (Lipinski definition) is 3. The Morgan fingerprint density at radius 2 is 2.08 bits per heavy atom. The van der Waals surface area contributed by atoms with E-state index in [2.05, 4.69) is 33.0 Å². The van der Waals surface area contributed by atoms with Crippen molar-refractivity contribution >= 4 is 51.5 Å². The lowest BCUT2D eigenvalue weighted by molar-refractivity contribution is 0.0707. The number of carbonyl (C=O) groups excluding carboxylic acids is 1. The summed E-state index contributed by atoms with van der Waals surface area (Å²) in [7, 11) is 0. The maximum absolute atomic E-state index is 14.5. The number of hydroxylamine groups is 1. The highest BCUT2D eigenvalue weighted by Crippen LogP contribution is 2.30. The van der Waals surface area contributed by atoms with Gasteiger partial charge in [-0.15, -0.1) is 0 Å². The fraction of sp³-hybridized carbons (Fsp3) is 0. The quantitative estimate of drug-likeness (QED) is 0.303. The van der Waals surface area contributed by atoms with Gasteiger partial charge < -0.3 is 5.32 Å². The van der Waals surface area contributed by atoms with Crippen LogP contribution in [0.1, 0.15) is 10.4 Å². The van der Waals surface area contributed by atoms with Gasteiger partial charge in [0, 0.05) is 22.0 Å². The lowest BCUT2D eigenvalue weighted by atomic mass is 10.1. The molecule has 0 aliphatic heterocycles. The van der Waals surface area contributed by atoms with E-state index < -0.39 is 11.7 Å². The highest BCUT2D eigenvalue weighted by Gasteiger charge is 2.18. The summed E-state index contributed by atoms with van der Waals surface area (Å²) in [6, 6.07) is 9.32. The van der Waals surface area contributed by atoms with E-state index in [9.17, 15) is 9.18 Å². The summed E-state index contributed by atoms with van der Waals surface area (Å²) >= 11 is 8.29. The molecule has 1 amide bonds. The number of rotatable bonds is 4. The van der Waals surface area contributed by atoms with Crippen molar-refractivity contribution in [3.63, 3.8) is 0 Å². The Morgan fingerprint density at radius 1 is 1.28 bits per heavy atom. The molecule has 0 aliphatic rings. The zero-order valence-electron chi connectivity index (χ0n) is 12.5. The Bertz CT molecular complexity index is 934. The molecule has 3 rings (SSSR count). The molecule has 128 valence electrons. The largest absolute Gasteiger partial charge is 0.354 e. The number of nitrogens with one attached hydrogen (secondary N) is 2. The van der Waals surface area contributed by atoms with Gasteiger partial charge >= 0.3 is 0 Å². The smallest absolute Gasteiger partial charge is 0.276 e. The van der Waals surface area contributed by atoms with Gasteiger partial charge in [0.2, 0.25) is 0 Å². The predicted octanol–water partition coefficient (Wildman–Crippen LogP) is 4.13. The summed E-state index contributed by atoms with van der Waals surface area (Å²) in [5.41, 5.74) is 2.32. The summed E-state index contributed by atoms with van der Waals surface area (Å²) in [6.45, 7) is 0. The average Bonchev–Trinajstić information content (AvgIpc) is 3.11. The minimum Gasteiger partial charge on any atom is -0.354 e. The first-order valence-corrected chi connectivity index (χ1v) is 8.45. The fourth-order valence-electron chi connectivity index (χ4n) is 2.24. The molecule has 25 heavy (non-hydrogen) atoms. The van der Waals surface area contributed by atoms with E-state index in [1.807, 2.05) is 6.07 Å². The third kappa shape index (κ3) is 3.75. The maximum Gasteiger partial charge on any atom is 0.276 e. The molecular weight excluding hydrogens is 462 g/mol. The van der Waals surface area contributed by atoms with Crippen molar-refractivity contribution in [3.8, 4) is 5.69 Å². The predicted molar refractivity (Wildman–Crippen MR) is 100 cm³/mol. The third-order valence-corrected chi connectivity index (χ3v) is 4.37. The molecular formula is C16H11ClFIN4O2. The second-order valence-electron chi connectivity index (χ2n) is 4.99. The lowest BCUT2D eigenvalue weighted by Crippen LogP contribution is -2.20. The van der Waals surface area contributed by atoms with E-state index in [0.29, 0.717) is 10.7 Å². The van der Waals surface area contributed by atoms with Crippen LogP contribution in [0.2, 0.25) is 5.02 Å². The third-order valence-electron chi connectivity index (χ3n) is 3.38. The van der Waals surface area contributed by atoms with E-state index in [4.69, 9.17) is 16.8 Å². The van der Waals surface area contributed by atoms with Crippen LogP contribution >= 0.6 is 34.2 Å². The van der Waals surface area contributed by atoms with Crippen molar-refractivity contribution < 1.29 is 14.4 Å². The lowest BCUT2D eigenvalue weighted by Gasteiger charge is -2.15. The number of halogens is 3. The summed E-state index contributed by atoms with van der Waals surface area (Å²) in [4.78, 5) is 12.0. The van der Waals surface area contributed by atoms with Crippen molar-refractivity contribution in [1.29, 1.82) is 0 Å². The van der Waals surface area contributed by atoms with Crippen molar-refractivity contribution in [2.24, 2.45) is 0 Å². The van der Waals surface area contributed by atoms with Gasteiger partial charge in [0.1, 0.15) is 5.69 Å². The van der Waals surface area contributed by atoms with Crippen LogP contribution in [0.3, 0.4) is 0 Å².